The van der Waals surface area contributed by atoms with Gasteiger partial charge in [-0.05, 0) is 38.3 Å². The molecular formula is C18H26N4O2. The van der Waals surface area contributed by atoms with E-state index in [2.05, 4.69) is 16.8 Å². The summed E-state index contributed by atoms with van der Waals surface area (Å²) in [6.45, 7) is 6.28. The van der Waals surface area contributed by atoms with Gasteiger partial charge < -0.3 is 9.80 Å². The van der Waals surface area contributed by atoms with Crippen molar-refractivity contribution in [3.8, 4) is 0 Å². The molecule has 2 aliphatic rings. The predicted octanol–water partition coefficient (Wildman–Crippen LogP) is 1.24. The lowest BCUT2D eigenvalue weighted by Crippen LogP contribution is -2.53. The highest BCUT2D eigenvalue weighted by Crippen LogP contribution is 2.17. The molecule has 0 radical (unpaired) electrons. The van der Waals surface area contributed by atoms with E-state index in [-0.39, 0.29) is 11.8 Å². The van der Waals surface area contributed by atoms with E-state index in [4.69, 9.17) is 0 Å². The van der Waals surface area contributed by atoms with Crippen LogP contribution in [0, 0.1) is 0 Å². The number of hydrogen-bond acceptors (Lipinski definition) is 4. The van der Waals surface area contributed by atoms with E-state index < -0.39 is 0 Å². The summed E-state index contributed by atoms with van der Waals surface area (Å²) in [5.41, 5.74) is 0.490. The van der Waals surface area contributed by atoms with Gasteiger partial charge in [0.15, 0.2) is 0 Å². The molecule has 6 nitrogen and oxygen atoms in total. The number of rotatable bonds is 3. The summed E-state index contributed by atoms with van der Waals surface area (Å²) < 4.78 is 0. The predicted molar refractivity (Wildman–Crippen MR) is 91.6 cm³/mol. The van der Waals surface area contributed by atoms with Gasteiger partial charge in [-0.2, -0.15) is 0 Å². The van der Waals surface area contributed by atoms with E-state index in [0.29, 0.717) is 31.4 Å². The molecule has 0 spiro atoms. The summed E-state index contributed by atoms with van der Waals surface area (Å²) >= 11 is 0. The standard InChI is InChI=1S/C18H26N4O2/c1-15-6-3-5-9-22(15)17(23)14-20-10-12-21(13-11-20)18(24)16-7-2-4-8-19-16/h2,4,7-8,15H,3,5-6,9-14H2,1H3. The number of carbonyl (C=O) groups is 2. The molecule has 3 rings (SSSR count). The van der Waals surface area contributed by atoms with Crippen LogP contribution in [-0.4, -0.2) is 76.8 Å². The van der Waals surface area contributed by atoms with Crippen molar-refractivity contribution in [3.05, 3.63) is 30.1 Å². The molecule has 2 fully saturated rings. The largest absolute Gasteiger partial charge is 0.339 e. The minimum Gasteiger partial charge on any atom is -0.339 e. The molecule has 1 aromatic heterocycles. The van der Waals surface area contributed by atoms with Crippen LogP contribution in [0.1, 0.15) is 36.7 Å². The molecule has 0 aromatic carbocycles. The van der Waals surface area contributed by atoms with E-state index in [0.717, 1.165) is 32.5 Å². The molecule has 0 N–H and O–H groups in total. The Morgan fingerprint density at radius 2 is 1.92 bits per heavy atom. The summed E-state index contributed by atoms with van der Waals surface area (Å²) in [4.78, 5) is 35.0. The second-order valence-electron chi connectivity index (χ2n) is 6.72. The zero-order valence-electron chi connectivity index (χ0n) is 14.4. The average Bonchev–Trinajstić information content (AvgIpc) is 2.63. The lowest BCUT2D eigenvalue weighted by Gasteiger charge is -2.38. The van der Waals surface area contributed by atoms with Gasteiger partial charge in [-0.15, -0.1) is 0 Å². The maximum Gasteiger partial charge on any atom is 0.272 e. The molecule has 0 bridgehead atoms. The Morgan fingerprint density at radius 1 is 1.12 bits per heavy atom. The van der Waals surface area contributed by atoms with E-state index >= 15 is 0 Å². The van der Waals surface area contributed by atoms with Crippen LogP contribution in [0.25, 0.3) is 0 Å². The molecule has 0 saturated carbocycles. The number of piperidine rings is 1. The SMILES string of the molecule is CC1CCCCN1C(=O)CN1CCN(C(=O)c2ccccn2)CC1. The Labute approximate surface area is 143 Å². The van der Waals surface area contributed by atoms with Gasteiger partial charge in [0.25, 0.3) is 5.91 Å². The van der Waals surface area contributed by atoms with Crippen molar-refractivity contribution in [2.45, 2.75) is 32.2 Å². The van der Waals surface area contributed by atoms with Crippen molar-refractivity contribution in [1.82, 2.24) is 19.7 Å². The minimum atomic E-state index is -0.0220. The summed E-state index contributed by atoms with van der Waals surface area (Å²) in [5, 5.41) is 0. The fraction of sp³-hybridized carbons (Fsp3) is 0.611. The quantitative estimate of drug-likeness (QED) is 0.837. The molecular weight excluding hydrogens is 304 g/mol. The van der Waals surface area contributed by atoms with Gasteiger partial charge in [0, 0.05) is 45.0 Å². The molecule has 24 heavy (non-hydrogen) atoms. The van der Waals surface area contributed by atoms with Crippen LogP contribution in [0.15, 0.2) is 24.4 Å². The molecule has 1 unspecified atom stereocenters. The first kappa shape index (κ1) is 16.9. The van der Waals surface area contributed by atoms with Crippen molar-refractivity contribution in [1.29, 1.82) is 0 Å². The summed E-state index contributed by atoms with van der Waals surface area (Å²) in [6.07, 6.45) is 5.09. The van der Waals surface area contributed by atoms with Gasteiger partial charge in [0.2, 0.25) is 5.91 Å². The molecule has 1 aromatic rings. The van der Waals surface area contributed by atoms with Gasteiger partial charge in [-0.1, -0.05) is 6.07 Å². The van der Waals surface area contributed by atoms with Gasteiger partial charge in [-0.25, -0.2) is 0 Å². The first-order chi connectivity index (χ1) is 11.6. The van der Waals surface area contributed by atoms with Crippen molar-refractivity contribution in [3.63, 3.8) is 0 Å². The van der Waals surface area contributed by atoms with Crippen LogP contribution in [0.3, 0.4) is 0 Å². The average molecular weight is 330 g/mol. The Bertz CT molecular complexity index is 570. The molecule has 1 atom stereocenters. The number of pyridine rings is 1. The number of hydrogen-bond donors (Lipinski definition) is 0. The Balaban J connectivity index is 1.48. The second kappa shape index (κ2) is 7.75. The van der Waals surface area contributed by atoms with Crippen LogP contribution in [-0.2, 0) is 4.79 Å². The first-order valence-corrected chi connectivity index (χ1v) is 8.87. The van der Waals surface area contributed by atoms with Crippen LogP contribution < -0.4 is 0 Å². The zero-order valence-corrected chi connectivity index (χ0v) is 14.4. The Morgan fingerprint density at radius 3 is 2.58 bits per heavy atom. The monoisotopic (exact) mass is 330 g/mol. The third kappa shape index (κ3) is 3.93. The van der Waals surface area contributed by atoms with E-state index in [1.807, 2.05) is 21.9 Å². The lowest BCUT2D eigenvalue weighted by molar-refractivity contribution is -0.136. The first-order valence-electron chi connectivity index (χ1n) is 8.87. The van der Waals surface area contributed by atoms with Crippen LogP contribution >= 0.6 is 0 Å². The van der Waals surface area contributed by atoms with Gasteiger partial charge >= 0.3 is 0 Å². The minimum absolute atomic E-state index is 0.0220. The number of aromatic nitrogens is 1. The van der Waals surface area contributed by atoms with E-state index in [1.54, 1.807) is 12.3 Å². The van der Waals surface area contributed by atoms with Gasteiger partial charge in [-0.3, -0.25) is 19.5 Å². The summed E-state index contributed by atoms with van der Waals surface area (Å²) in [6, 6.07) is 5.74. The topological polar surface area (TPSA) is 56.8 Å². The summed E-state index contributed by atoms with van der Waals surface area (Å²) in [5.74, 6) is 0.206. The van der Waals surface area contributed by atoms with Crippen molar-refractivity contribution < 1.29 is 9.59 Å². The zero-order chi connectivity index (χ0) is 16.9. The molecule has 2 saturated heterocycles. The van der Waals surface area contributed by atoms with Gasteiger partial charge in [0.1, 0.15) is 5.69 Å². The maximum absolute atomic E-state index is 12.5. The molecule has 6 heteroatoms. The van der Waals surface area contributed by atoms with Crippen LogP contribution in [0.5, 0.6) is 0 Å². The summed E-state index contributed by atoms with van der Waals surface area (Å²) in [7, 11) is 0. The van der Waals surface area contributed by atoms with Gasteiger partial charge in [0.05, 0.1) is 6.54 Å². The molecule has 0 aliphatic carbocycles. The number of amides is 2. The van der Waals surface area contributed by atoms with Crippen LogP contribution in [0.4, 0.5) is 0 Å². The lowest BCUT2D eigenvalue weighted by atomic mass is 10.0. The van der Waals surface area contributed by atoms with E-state index in [9.17, 15) is 9.59 Å². The third-order valence-electron chi connectivity index (χ3n) is 5.03. The molecule has 3 heterocycles. The highest BCUT2D eigenvalue weighted by molar-refractivity contribution is 5.92. The molecule has 2 amide bonds. The highest BCUT2D eigenvalue weighted by atomic mass is 16.2. The maximum atomic E-state index is 12.5. The number of carbonyl (C=O) groups excluding carboxylic acids is 2. The highest BCUT2D eigenvalue weighted by Gasteiger charge is 2.27. The number of piperazine rings is 1. The van der Waals surface area contributed by atoms with Crippen LogP contribution in [0.2, 0.25) is 0 Å². The normalized spacial score (nSPS) is 22.5. The second-order valence-corrected chi connectivity index (χ2v) is 6.72. The van der Waals surface area contributed by atoms with Crippen molar-refractivity contribution >= 4 is 11.8 Å². The van der Waals surface area contributed by atoms with Crippen molar-refractivity contribution in [2.24, 2.45) is 0 Å². The molecule has 130 valence electrons. The fourth-order valence-electron chi connectivity index (χ4n) is 3.51. The third-order valence-corrected chi connectivity index (χ3v) is 5.03. The Hall–Kier alpha value is -1.95. The number of nitrogens with zero attached hydrogens (tertiary/aromatic N) is 4. The van der Waals surface area contributed by atoms with Crippen molar-refractivity contribution in [2.75, 3.05) is 39.3 Å². The smallest absolute Gasteiger partial charge is 0.272 e. The molecule has 2 aliphatic heterocycles. The number of likely N-dealkylation sites (tertiary alicyclic amines) is 1. The Kier molecular flexibility index (Phi) is 5.45. The van der Waals surface area contributed by atoms with E-state index in [1.165, 1.54) is 6.42 Å². The fourth-order valence-corrected chi connectivity index (χ4v) is 3.51.